The van der Waals surface area contributed by atoms with Gasteiger partial charge in [0.05, 0.1) is 16.7 Å². The molecule has 3 aliphatic rings. The first kappa shape index (κ1) is 18.3. The molecule has 0 radical (unpaired) electrons. The Morgan fingerprint density at radius 2 is 1.81 bits per heavy atom. The number of nitriles is 1. The fourth-order valence-electron chi connectivity index (χ4n) is 4.92. The second kappa shape index (κ2) is 6.83. The molecular formula is C21H24ClN3O2. The number of amides is 2. The van der Waals surface area contributed by atoms with Gasteiger partial charge in [0.25, 0.3) is 5.91 Å². The molecule has 2 aliphatic carbocycles. The van der Waals surface area contributed by atoms with E-state index in [1.54, 1.807) is 18.2 Å². The van der Waals surface area contributed by atoms with Gasteiger partial charge in [0.2, 0.25) is 5.91 Å². The summed E-state index contributed by atoms with van der Waals surface area (Å²) in [5, 5.41) is 12.9. The Morgan fingerprint density at radius 1 is 1.11 bits per heavy atom. The molecule has 1 N–H and O–H groups in total. The molecule has 2 amide bonds. The van der Waals surface area contributed by atoms with Crippen LogP contribution in [-0.2, 0) is 4.79 Å². The number of halogens is 1. The summed E-state index contributed by atoms with van der Waals surface area (Å²) in [6.07, 6.45) is 7.96. The van der Waals surface area contributed by atoms with E-state index in [0.29, 0.717) is 22.7 Å². The van der Waals surface area contributed by atoms with Crippen LogP contribution in [0.25, 0.3) is 0 Å². The largest absolute Gasteiger partial charge is 0.339 e. The minimum atomic E-state index is -0.904. The van der Waals surface area contributed by atoms with Crippen LogP contribution in [-0.4, -0.2) is 29.8 Å². The van der Waals surface area contributed by atoms with Gasteiger partial charge in [-0.25, -0.2) is 0 Å². The van der Waals surface area contributed by atoms with E-state index < -0.39 is 5.41 Å². The third-order valence-electron chi connectivity index (χ3n) is 6.62. The van der Waals surface area contributed by atoms with Crippen LogP contribution in [0.3, 0.4) is 0 Å². The highest BCUT2D eigenvalue weighted by Gasteiger charge is 2.72. The SMILES string of the molecule is N#CC1(C(=O)Nc2ccc(C(=O)N3CCCCC3)c(Cl)c2)CC12CCCC2. The van der Waals surface area contributed by atoms with Gasteiger partial charge in [-0.2, -0.15) is 5.26 Å². The minimum Gasteiger partial charge on any atom is -0.339 e. The van der Waals surface area contributed by atoms with Crippen molar-refractivity contribution in [2.45, 2.75) is 51.4 Å². The van der Waals surface area contributed by atoms with E-state index >= 15 is 0 Å². The van der Waals surface area contributed by atoms with Crippen LogP contribution in [0.4, 0.5) is 5.69 Å². The smallest absolute Gasteiger partial charge is 0.255 e. The number of carbonyl (C=O) groups is 2. The molecule has 27 heavy (non-hydrogen) atoms. The zero-order chi connectivity index (χ0) is 19.1. The quantitative estimate of drug-likeness (QED) is 0.839. The molecule has 2 saturated carbocycles. The van der Waals surface area contributed by atoms with E-state index in [1.165, 1.54) is 0 Å². The number of nitrogens with zero attached hydrogens (tertiary/aromatic N) is 2. The summed E-state index contributed by atoms with van der Waals surface area (Å²) in [6, 6.07) is 7.28. The van der Waals surface area contributed by atoms with Crippen LogP contribution in [0.2, 0.25) is 5.02 Å². The molecule has 0 aromatic heterocycles. The fraction of sp³-hybridized carbons (Fsp3) is 0.571. The predicted molar refractivity (Wildman–Crippen MR) is 103 cm³/mol. The van der Waals surface area contributed by atoms with Gasteiger partial charge in [-0.15, -0.1) is 0 Å². The van der Waals surface area contributed by atoms with E-state index in [9.17, 15) is 14.9 Å². The highest BCUT2D eigenvalue weighted by Crippen LogP contribution is 2.71. The lowest BCUT2D eigenvalue weighted by Crippen LogP contribution is -2.35. The van der Waals surface area contributed by atoms with Gasteiger partial charge in [0.15, 0.2) is 0 Å². The molecular weight excluding hydrogens is 362 g/mol. The van der Waals surface area contributed by atoms with Gasteiger partial charge in [0.1, 0.15) is 5.41 Å². The van der Waals surface area contributed by atoms with Crippen molar-refractivity contribution in [3.8, 4) is 6.07 Å². The van der Waals surface area contributed by atoms with E-state index in [-0.39, 0.29) is 17.2 Å². The molecule has 4 rings (SSSR count). The van der Waals surface area contributed by atoms with Crippen LogP contribution in [0.15, 0.2) is 18.2 Å². The Hall–Kier alpha value is -2.06. The maximum absolute atomic E-state index is 12.8. The second-order valence-corrected chi connectivity index (χ2v) is 8.59. The molecule has 1 unspecified atom stereocenters. The highest BCUT2D eigenvalue weighted by atomic mass is 35.5. The van der Waals surface area contributed by atoms with Crippen molar-refractivity contribution in [2.75, 3.05) is 18.4 Å². The lowest BCUT2D eigenvalue weighted by Gasteiger charge is -2.27. The van der Waals surface area contributed by atoms with Crippen LogP contribution in [0.1, 0.15) is 61.7 Å². The fourth-order valence-corrected chi connectivity index (χ4v) is 5.18. The van der Waals surface area contributed by atoms with Crippen molar-refractivity contribution in [3.05, 3.63) is 28.8 Å². The first-order chi connectivity index (χ1) is 13.0. The number of nitrogens with one attached hydrogen (secondary N) is 1. The molecule has 0 bridgehead atoms. The number of benzene rings is 1. The van der Waals surface area contributed by atoms with Crippen molar-refractivity contribution in [1.82, 2.24) is 4.90 Å². The average molecular weight is 386 g/mol. The Morgan fingerprint density at radius 3 is 2.44 bits per heavy atom. The molecule has 1 saturated heterocycles. The van der Waals surface area contributed by atoms with Crippen LogP contribution in [0, 0.1) is 22.2 Å². The van der Waals surface area contributed by atoms with Crippen LogP contribution >= 0.6 is 11.6 Å². The monoisotopic (exact) mass is 385 g/mol. The lowest BCUT2D eigenvalue weighted by molar-refractivity contribution is -0.120. The molecule has 5 nitrogen and oxygen atoms in total. The maximum Gasteiger partial charge on any atom is 0.255 e. The summed E-state index contributed by atoms with van der Waals surface area (Å²) in [7, 11) is 0. The highest BCUT2D eigenvalue weighted by molar-refractivity contribution is 6.34. The summed E-state index contributed by atoms with van der Waals surface area (Å²) in [6.45, 7) is 1.53. The third-order valence-corrected chi connectivity index (χ3v) is 6.94. The first-order valence-electron chi connectivity index (χ1n) is 9.83. The van der Waals surface area contributed by atoms with Gasteiger partial charge in [0, 0.05) is 24.2 Å². The summed E-state index contributed by atoms with van der Waals surface area (Å²) in [5.74, 6) is -0.295. The van der Waals surface area contributed by atoms with Crippen molar-refractivity contribution >= 4 is 29.1 Å². The second-order valence-electron chi connectivity index (χ2n) is 8.18. The first-order valence-corrected chi connectivity index (χ1v) is 10.2. The molecule has 6 heteroatoms. The molecule has 1 spiro atoms. The summed E-state index contributed by atoms with van der Waals surface area (Å²) < 4.78 is 0. The Bertz CT molecular complexity index is 819. The minimum absolute atomic E-state index is 0.0572. The summed E-state index contributed by atoms with van der Waals surface area (Å²) >= 11 is 6.35. The number of piperidine rings is 1. The molecule has 1 aromatic carbocycles. The average Bonchev–Trinajstić information content (AvgIpc) is 3.08. The van der Waals surface area contributed by atoms with Gasteiger partial charge in [-0.3, -0.25) is 9.59 Å². The number of likely N-dealkylation sites (tertiary alicyclic amines) is 1. The Kier molecular flexibility index (Phi) is 4.63. The van der Waals surface area contributed by atoms with Crippen molar-refractivity contribution in [3.63, 3.8) is 0 Å². The van der Waals surface area contributed by atoms with Crippen LogP contribution < -0.4 is 5.32 Å². The Balaban J connectivity index is 1.47. The van der Waals surface area contributed by atoms with Gasteiger partial charge < -0.3 is 10.2 Å². The molecule has 1 atom stereocenters. The van der Waals surface area contributed by atoms with Gasteiger partial charge in [-0.05, 0) is 56.7 Å². The lowest BCUT2D eigenvalue weighted by atomic mass is 9.91. The molecule has 1 aliphatic heterocycles. The molecule has 3 fully saturated rings. The predicted octanol–water partition coefficient (Wildman–Crippen LogP) is 4.38. The van der Waals surface area contributed by atoms with Crippen molar-refractivity contribution in [2.24, 2.45) is 10.8 Å². The van der Waals surface area contributed by atoms with Crippen molar-refractivity contribution < 1.29 is 9.59 Å². The molecule has 1 aromatic rings. The summed E-state index contributed by atoms with van der Waals surface area (Å²) in [4.78, 5) is 27.3. The molecule has 1 heterocycles. The zero-order valence-electron chi connectivity index (χ0n) is 15.4. The number of anilines is 1. The number of rotatable bonds is 3. The number of carbonyl (C=O) groups excluding carboxylic acids is 2. The van der Waals surface area contributed by atoms with Crippen LogP contribution in [0.5, 0.6) is 0 Å². The normalized spacial score (nSPS) is 25.9. The van der Waals surface area contributed by atoms with E-state index in [0.717, 1.165) is 58.0 Å². The van der Waals surface area contributed by atoms with Gasteiger partial charge in [-0.1, -0.05) is 24.4 Å². The zero-order valence-corrected chi connectivity index (χ0v) is 16.1. The van der Waals surface area contributed by atoms with Gasteiger partial charge >= 0.3 is 0 Å². The number of hydrogen-bond acceptors (Lipinski definition) is 3. The standard InChI is InChI=1S/C21H24ClN3O2/c22-17-12-15(6-7-16(17)18(26)25-10-4-1-5-11-25)24-19(27)21(14-23)13-20(21)8-2-3-9-20/h6-7,12H,1-5,8-11,13H2,(H,24,27). The number of hydrogen-bond donors (Lipinski definition) is 1. The maximum atomic E-state index is 12.8. The van der Waals surface area contributed by atoms with E-state index in [2.05, 4.69) is 11.4 Å². The van der Waals surface area contributed by atoms with E-state index in [4.69, 9.17) is 11.6 Å². The van der Waals surface area contributed by atoms with E-state index in [1.807, 2.05) is 4.90 Å². The Labute approximate surface area is 164 Å². The summed E-state index contributed by atoms with van der Waals surface area (Å²) in [5.41, 5.74) is -0.0296. The van der Waals surface area contributed by atoms with Crippen molar-refractivity contribution in [1.29, 1.82) is 5.26 Å². The third kappa shape index (κ3) is 3.00. The topological polar surface area (TPSA) is 73.2 Å². The molecule has 142 valence electrons.